The van der Waals surface area contributed by atoms with Crippen molar-refractivity contribution in [3.05, 3.63) is 15.8 Å². The number of aromatic carboxylic acids is 1. The number of aryl methyl sites for hydroxylation is 1. The van der Waals surface area contributed by atoms with E-state index in [2.05, 4.69) is 0 Å². The molecular formula is C15H23NO4S. The predicted molar refractivity (Wildman–Crippen MR) is 83.3 cm³/mol. The molecule has 21 heavy (non-hydrogen) atoms. The summed E-state index contributed by atoms with van der Waals surface area (Å²) < 4.78 is 5.62. The van der Waals surface area contributed by atoms with Crippen LogP contribution in [0.1, 0.15) is 48.7 Å². The fraction of sp³-hybridized carbons (Fsp3) is 0.600. The third-order valence-electron chi connectivity index (χ3n) is 3.17. The van der Waals surface area contributed by atoms with Crippen LogP contribution in [-0.4, -0.2) is 41.1 Å². The van der Waals surface area contributed by atoms with Gasteiger partial charge in [0.25, 0.3) is 5.91 Å². The van der Waals surface area contributed by atoms with Crippen molar-refractivity contribution in [1.82, 2.24) is 4.90 Å². The van der Waals surface area contributed by atoms with Gasteiger partial charge in [-0.3, -0.25) is 4.79 Å². The summed E-state index contributed by atoms with van der Waals surface area (Å²) in [6, 6.07) is 1.74. The van der Waals surface area contributed by atoms with E-state index in [1.165, 1.54) is 11.3 Å². The van der Waals surface area contributed by atoms with E-state index in [4.69, 9.17) is 4.74 Å². The van der Waals surface area contributed by atoms with Crippen LogP contribution in [0.4, 0.5) is 0 Å². The third kappa shape index (κ3) is 4.46. The van der Waals surface area contributed by atoms with Gasteiger partial charge >= 0.3 is 5.97 Å². The molecule has 0 saturated heterocycles. The van der Waals surface area contributed by atoms with Crippen LogP contribution in [-0.2, 0) is 11.2 Å². The number of ether oxygens (including phenoxy) is 1. The Kier molecular flexibility index (Phi) is 6.68. The van der Waals surface area contributed by atoms with Gasteiger partial charge < -0.3 is 14.7 Å². The van der Waals surface area contributed by atoms with Crippen molar-refractivity contribution >= 4 is 23.2 Å². The Hall–Kier alpha value is -1.56. The highest BCUT2D eigenvalue weighted by Crippen LogP contribution is 2.31. The van der Waals surface area contributed by atoms with E-state index in [1.807, 2.05) is 20.8 Å². The molecule has 0 aromatic carbocycles. The molecule has 6 heteroatoms. The minimum absolute atomic E-state index is 0.125. The lowest BCUT2D eigenvalue weighted by molar-refractivity contribution is -0.137. The normalized spacial score (nSPS) is 12.0. The minimum Gasteiger partial charge on any atom is -0.479 e. The van der Waals surface area contributed by atoms with Crippen molar-refractivity contribution in [2.45, 2.75) is 46.6 Å². The molecule has 0 radical (unpaired) electrons. The lowest BCUT2D eigenvalue weighted by Gasteiger charge is -2.23. The van der Waals surface area contributed by atoms with Gasteiger partial charge in [0.15, 0.2) is 11.0 Å². The van der Waals surface area contributed by atoms with Gasteiger partial charge in [0.05, 0.1) is 0 Å². The molecule has 1 aromatic rings. The van der Waals surface area contributed by atoms with Crippen LogP contribution in [0.5, 0.6) is 5.75 Å². The van der Waals surface area contributed by atoms with E-state index in [0.29, 0.717) is 18.8 Å². The van der Waals surface area contributed by atoms with Crippen molar-refractivity contribution in [3.63, 3.8) is 0 Å². The molecular weight excluding hydrogens is 290 g/mol. The molecule has 1 N–H and O–H groups in total. The van der Waals surface area contributed by atoms with Crippen LogP contribution >= 0.6 is 11.3 Å². The van der Waals surface area contributed by atoms with E-state index in [1.54, 1.807) is 17.9 Å². The summed E-state index contributed by atoms with van der Waals surface area (Å²) in [5.74, 6) is -0.844. The van der Waals surface area contributed by atoms with E-state index in [-0.39, 0.29) is 10.8 Å². The molecule has 0 bridgehead atoms. The Morgan fingerprint density at radius 3 is 2.43 bits per heavy atom. The number of likely N-dealkylation sites (N-methyl/N-ethyl adjacent to an activating group) is 1. The summed E-state index contributed by atoms with van der Waals surface area (Å²) in [4.78, 5) is 26.3. The fourth-order valence-corrected chi connectivity index (χ4v) is 3.09. The molecule has 118 valence electrons. The topological polar surface area (TPSA) is 66.8 Å². The highest BCUT2D eigenvalue weighted by atomic mass is 32.1. The smallest absolute Gasteiger partial charge is 0.349 e. The van der Waals surface area contributed by atoms with Crippen LogP contribution < -0.4 is 4.74 Å². The van der Waals surface area contributed by atoms with Crippen molar-refractivity contribution in [2.24, 2.45) is 0 Å². The van der Waals surface area contributed by atoms with Gasteiger partial charge in [0.2, 0.25) is 0 Å². The van der Waals surface area contributed by atoms with Crippen molar-refractivity contribution < 1.29 is 19.4 Å². The van der Waals surface area contributed by atoms with Crippen LogP contribution in [0, 0.1) is 0 Å². The molecule has 0 aliphatic rings. The third-order valence-corrected chi connectivity index (χ3v) is 4.33. The molecule has 0 saturated carbocycles. The number of hydrogen-bond donors (Lipinski definition) is 1. The second kappa shape index (κ2) is 8.02. The molecule has 1 rings (SSSR count). The number of carboxylic acids is 1. The number of carboxylic acid groups (broad SMARTS) is 1. The molecule has 1 amide bonds. The number of rotatable bonds is 8. The average molecular weight is 313 g/mol. The van der Waals surface area contributed by atoms with Gasteiger partial charge in [0.1, 0.15) is 5.75 Å². The lowest BCUT2D eigenvalue weighted by Crippen LogP contribution is -2.40. The Labute approximate surface area is 129 Å². The van der Waals surface area contributed by atoms with Crippen LogP contribution in [0.25, 0.3) is 0 Å². The zero-order valence-electron chi connectivity index (χ0n) is 13.0. The van der Waals surface area contributed by atoms with Crippen molar-refractivity contribution in [2.75, 3.05) is 13.1 Å². The maximum atomic E-state index is 12.2. The van der Waals surface area contributed by atoms with Gasteiger partial charge in [-0.1, -0.05) is 13.3 Å². The highest BCUT2D eigenvalue weighted by Gasteiger charge is 2.24. The monoisotopic (exact) mass is 313 g/mol. The van der Waals surface area contributed by atoms with Crippen LogP contribution in [0.3, 0.4) is 0 Å². The second-order valence-corrected chi connectivity index (χ2v) is 5.87. The average Bonchev–Trinajstić information content (AvgIpc) is 2.83. The molecule has 5 nitrogen and oxygen atoms in total. The molecule has 0 fully saturated rings. The van der Waals surface area contributed by atoms with Gasteiger partial charge in [-0.15, -0.1) is 11.3 Å². The first-order valence-corrected chi connectivity index (χ1v) is 8.07. The number of amides is 1. The number of carbonyl (C=O) groups is 2. The van der Waals surface area contributed by atoms with Crippen LogP contribution in [0.15, 0.2) is 6.07 Å². The maximum Gasteiger partial charge on any atom is 0.349 e. The predicted octanol–water partition coefficient (Wildman–Crippen LogP) is 3.03. The quantitative estimate of drug-likeness (QED) is 0.801. The Balaban J connectivity index is 2.90. The zero-order valence-corrected chi connectivity index (χ0v) is 13.8. The summed E-state index contributed by atoms with van der Waals surface area (Å²) in [7, 11) is 0. The zero-order chi connectivity index (χ0) is 16.0. The standard InChI is InChI=1S/C15H23NO4S/c1-5-8-11-9-12(13(21-11)15(18)19)20-10(4)14(17)16(6-2)7-3/h9-10H,5-8H2,1-4H3,(H,18,19). The SMILES string of the molecule is CCCc1cc(OC(C)C(=O)N(CC)CC)c(C(=O)O)s1. The van der Waals surface area contributed by atoms with E-state index in [9.17, 15) is 14.7 Å². The number of nitrogens with zero attached hydrogens (tertiary/aromatic N) is 1. The number of hydrogen-bond acceptors (Lipinski definition) is 4. The Bertz CT molecular complexity index is 494. The highest BCUT2D eigenvalue weighted by molar-refractivity contribution is 7.14. The number of thiophene rings is 1. The van der Waals surface area contributed by atoms with Crippen molar-refractivity contribution in [3.8, 4) is 5.75 Å². The molecule has 0 spiro atoms. The first-order chi connectivity index (χ1) is 9.94. The minimum atomic E-state index is -1.01. The maximum absolute atomic E-state index is 12.2. The summed E-state index contributed by atoms with van der Waals surface area (Å²) in [6.45, 7) is 8.72. The van der Waals surface area contributed by atoms with Crippen LogP contribution in [0.2, 0.25) is 0 Å². The summed E-state index contributed by atoms with van der Waals surface area (Å²) in [6.07, 6.45) is 1.06. The molecule has 1 atom stereocenters. The first-order valence-electron chi connectivity index (χ1n) is 7.25. The summed E-state index contributed by atoms with van der Waals surface area (Å²) >= 11 is 1.22. The van der Waals surface area contributed by atoms with Gasteiger partial charge in [-0.2, -0.15) is 0 Å². The molecule has 0 aliphatic carbocycles. The van der Waals surface area contributed by atoms with Gasteiger partial charge in [0, 0.05) is 18.0 Å². The van der Waals surface area contributed by atoms with Crippen molar-refractivity contribution in [1.29, 1.82) is 0 Å². The summed E-state index contributed by atoms with van der Waals surface area (Å²) in [5, 5.41) is 9.24. The van der Waals surface area contributed by atoms with Gasteiger partial charge in [-0.05, 0) is 33.3 Å². The largest absolute Gasteiger partial charge is 0.479 e. The number of carbonyl (C=O) groups excluding carboxylic acids is 1. The first kappa shape index (κ1) is 17.5. The van der Waals surface area contributed by atoms with E-state index in [0.717, 1.165) is 17.7 Å². The van der Waals surface area contributed by atoms with Gasteiger partial charge in [-0.25, -0.2) is 4.79 Å². The molecule has 1 heterocycles. The molecule has 1 aromatic heterocycles. The van der Waals surface area contributed by atoms with E-state index >= 15 is 0 Å². The Morgan fingerprint density at radius 1 is 1.33 bits per heavy atom. The Morgan fingerprint density at radius 2 is 1.95 bits per heavy atom. The molecule has 1 unspecified atom stereocenters. The second-order valence-electron chi connectivity index (χ2n) is 4.73. The summed E-state index contributed by atoms with van der Waals surface area (Å²) in [5.41, 5.74) is 0. The fourth-order valence-electron chi connectivity index (χ4n) is 2.06. The molecule has 0 aliphatic heterocycles. The lowest BCUT2D eigenvalue weighted by atomic mass is 10.2. The van der Waals surface area contributed by atoms with E-state index < -0.39 is 12.1 Å².